The minimum atomic E-state index is -1.19. The van der Waals surface area contributed by atoms with Gasteiger partial charge in [-0.05, 0) is 39.9 Å². The van der Waals surface area contributed by atoms with E-state index in [9.17, 15) is 14.4 Å². The quantitative estimate of drug-likeness (QED) is 0.430. The van der Waals surface area contributed by atoms with Crippen molar-refractivity contribution >= 4 is 23.7 Å². The molecular weight excluding hydrogens is 444 g/mol. The second kappa shape index (κ2) is 10.6. The smallest absolute Gasteiger partial charge is 0.411 e. The van der Waals surface area contributed by atoms with Crippen LogP contribution < -0.4 is 10.6 Å². The molecule has 0 heterocycles. The maximum absolute atomic E-state index is 12.5. The van der Waals surface area contributed by atoms with E-state index in [0.717, 1.165) is 22.3 Å². The lowest BCUT2D eigenvalue weighted by Crippen LogP contribution is -2.41. The summed E-state index contributed by atoms with van der Waals surface area (Å²) in [5.41, 5.74) is 5.61. The summed E-state index contributed by atoms with van der Waals surface area (Å²) in [7, 11) is 0. The average Bonchev–Trinajstić information content (AvgIpc) is 3.16. The Morgan fingerprint density at radius 2 is 1.63 bits per heavy atom. The summed E-state index contributed by atoms with van der Waals surface area (Å²) >= 11 is 0. The summed E-state index contributed by atoms with van der Waals surface area (Å²) in [5, 5.41) is 14.2. The number of benzene rings is 3. The number of nitrogens with one attached hydrogen (secondary N) is 2. The maximum Gasteiger partial charge on any atom is 0.411 e. The Hall–Kier alpha value is -4.57. The van der Waals surface area contributed by atoms with Crippen molar-refractivity contribution in [2.24, 2.45) is 0 Å². The van der Waals surface area contributed by atoms with Gasteiger partial charge in [0, 0.05) is 18.0 Å². The van der Waals surface area contributed by atoms with Crippen LogP contribution in [0.2, 0.25) is 0 Å². The summed E-state index contributed by atoms with van der Waals surface area (Å²) in [4.78, 5) is 35.9. The molecule has 2 amide bonds. The number of carbonyl (C=O) groups excluding carboxylic acids is 2. The molecule has 0 aliphatic heterocycles. The van der Waals surface area contributed by atoms with Crippen LogP contribution in [-0.2, 0) is 20.7 Å². The van der Waals surface area contributed by atoms with E-state index in [4.69, 9.17) is 16.3 Å². The van der Waals surface area contributed by atoms with Crippen LogP contribution in [0.3, 0.4) is 0 Å². The molecule has 7 heteroatoms. The predicted octanol–water partition coefficient (Wildman–Crippen LogP) is 4.18. The highest BCUT2D eigenvalue weighted by Gasteiger charge is 2.29. The molecule has 4 rings (SSSR count). The molecule has 0 saturated carbocycles. The summed E-state index contributed by atoms with van der Waals surface area (Å²) in [5.74, 6) is 0.514. The normalized spacial score (nSPS) is 12.5. The lowest BCUT2D eigenvalue weighted by Gasteiger charge is -2.15. The second-order valence-electron chi connectivity index (χ2n) is 8.19. The van der Waals surface area contributed by atoms with E-state index in [1.54, 1.807) is 24.3 Å². The van der Waals surface area contributed by atoms with E-state index in [2.05, 4.69) is 28.7 Å². The molecular formula is C28H24N2O5. The largest absolute Gasteiger partial charge is 0.480 e. The highest BCUT2D eigenvalue weighted by atomic mass is 16.5. The number of hydrogen-bond donors (Lipinski definition) is 3. The van der Waals surface area contributed by atoms with Crippen molar-refractivity contribution in [3.63, 3.8) is 0 Å². The number of aliphatic carboxylic acids is 1. The van der Waals surface area contributed by atoms with E-state index in [-0.39, 0.29) is 25.4 Å². The van der Waals surface area contributed by atoms with Gasteiger partial charge in [-0.15, -0.1) is 12.3 Å². The van der Waals surface area contributed by atoms with E-state index in [1.165, 1.54) is 0 Å². The first kappa shape index (κ1) is 23.6. The molecule has 1 aliphatic carbocycles. The molecule has 3 aromatic rings. The summed E-state index contributed by atoms with van der Waals surface area (Å²) in [6.07, 6.45) is 4.39. The highest BCUT2D eigenvalue weighted by molar-refractivity contribution is 5.87. The third-order valence-corrected chi connectivity index (χ3v) is 5.84. The van der Waals surface area contributed by atoms with Crippen LogP contribution in [0.1, 0.15) is 29.0 Å². The molecule has 0 saturated heterocycles. The van der Waals surface area contributed by atoms with Crippen LogP contribution in [-0.4, -0.2) is 35.7 Å². The Morgan fingerprint density at radius 3 is 2.26 bits per heavy atom. The van der Waals surface area contributed by atoms with E-state index < -0.39 is 24.0 Å². The minimum Gasteiger partial charge on any atom is -0.480 e. The van der Waals surface area contributed by atoms with Gasteiger partial charge in [0.1, 0.15) is 12.6 Å². The number of rotatable bonds is 8. The van der Waals surface area contributed by atoms with Gasteiger partial charge in [0.2, 0.25) is 5.91 Å². The van der Waals surface area contributed by atoms with E-state index in [1.807, 2.05) is 36.4 Å². The Balaban J connectivity index is 1.36. The predicted molar refractivity (Wildman–Crippen MR) is 132 cm³/mol. The summed E-state index contributed by atoms with van der Waals surface area (Å²) < 4.78 is 5.56. The van der Waals surface area contributed by atoms with Crippen molar-refractivity contribution in [2.75, 3.05) is 11.9 Å². The Kier molecular flexibility index (Phi) is 7.12. The van der Waals surface area contributed by atoms with Crippen molar-refractivity contribution in [1.82, 2.24) is 5.32 Å². The van der Waals surface area contributed by atoms with Crippen molar-refractivity contribution in [3.05, 3.63) is 89.5 Å². The summed E-state index contributed by atoms with van der Waals surface area (Å²) in [6, 6.07) is 21.8. The number of fused-ring (bicyclic) bond motifs is 3. The van der Waals surface area contributed by atoms with Crippen LogP contribution in [0.25, 0.3) is 11.1 Å². The zero-order valence-electron chi connectivity index (χ0n) is 18.9. The number of terminal acetylenes is 1. The molecule has 1 atom stereocenters. The van der Waals surface area contributed by atoms with Crippen LogP contribution in [0, 0.1) is 12.3 Å². The molecule has 0 fully saturated rings. The Bertz CT molecular complexity index is 1260. The highest BCUT2D eigenvalue weighted by Crippen LogP contribution is 2.44. The van der Waals surface area contributed by atoms with Crippen LogP contribution >= 0.6 is 0 Å². The molecule has 1 unspecified atom stereocenters. The number of ether oxygens (including phenoxy) is 1. The number of hydrogen-bond acceptors (Lipinski definition) is 4. The molecule has 0 aromatic heterocycles. The maximum atomic E-state index is 12.5. The molecule has 3 N–H and O–H groups in total. The van der Waals surface area contributed by atoms with Crippen molar-refractivity contribution < 1.29 is 24.2 Å². The molecule has 3 aromatic carbocycles. The van der Waals surface area contributed by atoms with E-state index >= 15 is 0 Å². The number of carboxylic acid groups (broad SMARTS) is 1. The van der Waals surface area contributed by atoms with Crippen molar-refractivity contribution in [1.29, 1.82) is 0 Å². The van der Waals surface area contributed by atoms with Crippen molar-refractivity contribution in [3.8, 4) is 23.5 Å². The molecule has 1 aliphatic rings. The number of carbonyl (C=O) groups is 3. The fourth-order valence-electron chi connectivity index (χ4n) is 4.26. The minimum absolute atomic E-state index is 0.0478. The van der Waals surface area contributed by atoms with Gasteiger partial charge in [-0.1, -0.05) is 60.7 Å². The van der Waals surface area contributed by atoms with Gasteiger partial charge in [0.15, 0.2) is 0 Å². The van der Waals surface area contributed by atoms with Gasteiger partial charge in [-0.2, -0.15) is 0 Å². The van der Waals surface area contributed by atoms with Crippen LogP contribution in [0.5, 0.6) is 0 Å². The number of amides is 2. The Morgan fingerprint density at radius 1 is 0.971 bits per heavy atom. The van der Waals surface area contributed by atoms with Gasteiger partial charge < -0.3 is 15.2 Å². The second-order valence-corrected chi connectivity index (χ2v) is 8.19. The SMILES string of the molecule is C#CCC(NC(=O)Cc1cccc(NC(=O)OCC2c3ccccc3-c3ccccc32)c1)C(=O)O. The molecule has 0 spiro atoms. The first-order valence-electron chi connectivity index (χ1n) is 11.1. The third-order valence-electron chi connectivity index (χ3n) is 5.84. The van der Waals surface area contributed by atoms with Gasteiger partial charge in [-0.3, -0.25) is 10.1 Å². The van der Waals surface area contributed by atoms with Gasteiger partial charge in [0.05, 0.1) is 6.42 Å². The fourth-order valence-corrected chi connectivity index (χ4v) is 4.26. The monoisotopic (exact) mass is 468 g/mol. The Labute approximate surface area is 203 Å². The first-order valence-corrected chi connectivity index (χ1v) is 11.1. The topological polar surface area (TPSA) is 105 Å². The summed E-state index contributed by atoms with van der Waals surface area (Å²) in [6.45, 7) is 0.188. The zero-order valence-corrected chi connectivity index (χ0v) is 18.9. The van der Waals surface area contributed by atoms with Crippen LogP contribution in [0.15, 0.2) is 72.8 Å². The number of anilines is 1. The van der Waals surface area contributed by atoms with Crippen LogP contribution in [0.4, 0.5) is 10.5 Å². The first-order chi connectivity index (χ1) is 17.0. The van der Waals surface area contributed by atoms with Crippen molar-refractivity contribution in [2.45, 2.75) is 24.8 Å². The van der Waals surface area contributed by atoms with Gasteiger partial charge in [-0.25, -0.2) is 9.59 Å². The fraction of sp³-hybridized carbons (Fsp3) is 0.179. The molecule has 0 bridgehead atoms. The van der Waals surface area contributed by atoms with Gasteiger partial charge in [0.25, 0.3) is 0 Å². The molecule has 35 heavy (non-hydrogen) atoms. The molecule has 0 radical (unpaired) electrons. The van der Waals surface area contributed by atoms with Gasteiger partial charge >= 0.3 is 12.1 Å². The molecule has 7 nitrogen and oxygen atoms in total. The molecule has 176 valence electrons. The average molecular weight is 469 g/mol. The van der Waals surface area contributed by atoms with E-state index in [0.29, 0.717) is 11.3 Å². The number of carboxylic acids is 1. The lowest BCUT2D eigenvalue weighted by molar-refractivity contribution is -0.141. The lowest BCUT2D eigenvalue weighted by atomic mass is 9.98. The third kappa shape index (κ3) is 5.50. The zero-order chi connectivity index (χ0) is 24.8. The standard InChI is InChI=1S/C28H24N2O5/c1-2-8-25(27(32)33)30-26(31)16-18-9-7-10-19(15-18)29-28(34)35-17-24-22-13-5-3-11-20(22)21-12-4-6-14-23(21)24/h1,3-7,9-15,24-25H,8,16-17H2,(H,29,34)(H,30,31)(H,32,33).